The Balaban J connectivity index is 2.30. The van der Waals surface area contributed by atoms with E-state index in [4.69, 9.17) is 0 Å². The van der Waals surface area contributed by atoms with Gasteiger partial charge < -0.3 is 4.90 Å². The van der Waals surface area contributed by atoms with Crippen molar-refractivity contribution >= 4 is 27.8 Å². The Labute approximate surface area is 110 Å². The van der Waals surface area contributed by atoms with E-state index >= 15 is 0 Å². The SMILES string of the molecule is CN(C)CCC1=C(C=O)Cc2cc(Br)ccc21. The van der Waals surface area contributed by atoms with Crippen LogP contribution in [0, 0.1) is 0 Å². The maximum Gasteiger partial charge on any atom is 0.146 e. The first-order valence-electron chi connectivity index (χ1n) is 5.72. The van der Waals surface area contributed by atoms with E-state index in [0.29, 0.717) is 0 Å². The molecular weight excluding hydrogens is 278 g/mol. The molecule has 0 aromatic heterocycles. The summed E-state index contributed by atoms with van der Waals surface area (Å²) in [6.45, 7) is 0.974. The highest BCUT2D eigenvalue weighted by Crippen LogP contribution is 2.35. The van der Waals surface area contributed by atoms with Crippen LogP contribution in [0.15, 0.2) is 28.2 Å². The number of carbonyl (C=O) groups is 1. The topological polar surface area (TPSA) is 20.3 Å². The molecule has 0 amide bonds. The Bertz CT molecular complexity index is 477. The van der Waals surface area contributed by atoms with E-state index < -0.39 is 0 Å². The normalized spacial score (nSPS) is 14.4. The van der Waals surface area contributed by atoms with Crippen LogP contribution in [0.1, 0.15) is 17.5 Å². The molecule has 90 valence electrons. The minimum atomic E-state index is 0.779. The van der Waals surface area contributed by atoms with E-state index in [1.54, 1.807) is 0 Å². The first kappa shape index (κ1) is 12.5. The number of halogens is 1. The molecule has 3 heteroatoms. The van der Waals surface area contributed by atoms with E-state index in [9.17, 15) is 4.79 Å². The summed E-state index contributed by atoms with van der Waals surface area (Å²) in [4.78, 5) is 13.3. The Morgan fingerprint density at radius 2 is 2.18 bits per heavy atom. The molecule has 0 spiro atoms. The molecule has 17 heavy (non-hydrogen) atoms. The lowest BCUT2D eigenvalue weighted by atomic mass is 10.0. The molecule has 0 aliphatic heterocycles. The van der Waals surface area contributed by atoms with Crippen LogP contribution >= 0.6 is 15.9 Å². The van der Waals surface area contributed by atoms with E-state index in [2.05, 4.69) is 47.1 Å². The number of rotatable bonds is 4. The molecule has 0 N–H and O–H groups in total. The summed E-state index contributed by atoms with van der Waals surface area (Å²) < 4.78 is 1.08. The smallest absolute Gasteiger partial charge is 0.146 e. The van der Waals surface area contributed by atoms with Crippen molar-refractivity contribution in [2.45, 2.75) is 12.8 Å². The molecule has 0 atom stereocenters. The summed E-state index contributed by atoms with van der Waals surface area (Å²) in [6, 6.07) is 6.27. The van der Waals surface area contributed by atoms with E-state index in [1.807, 2.05) is 6.07 Å². The first-order valence-corrected chi connectivity index (χ1v) is 6.52. The Morgan fingerprint density at radius 3 is 2.82 bits per heavy atom. The fourth-order valence-corrected chi connectivity index (χ4v) is 2.64. The zero-order chi connectivity index (χ0) is 12.4. The van der Waals surface area contributed by atoms with Gasteiger partial charge in [0.25, 0.3) is 0 Å². The van der Waals surface area contributed by atoms with Crippen molar-refractivity contribution in [1.82, 2.24) is 4.90 Å². The minimum absolute atomic E-state index is 0.779. The monoisotopic (exact) mass is 293 g/mol. The average Bonchev–Trinajstić information content (AvgIpc) is 2.63. The Morgan fingerprint density at radius 1 is 1.41 bits per heavy atom. The van der Waals surface area contributed by atoms with E-state index in [-0.39, 0.29) is 0 Å². The molecule has 1 aromatic rings. The van der Waals surface area contributed by atoms with Gasteiger partial charge in [-0.25, -0.2) is 0 Å². The molecule has 1 aromatic carbocycles. The molecule has 0 bridgehead atoms. The molecule has 0 fully saturated rings. The molecule has 0 saturated carbocycles. The van der Waals surface area contributed by atoms with Crippen LogP contribution in [0.2, 0.25) is 0 Å². The number of hydrogen-bond acceptors (Lipinski definition) is 2. The molecule has 1 aliphatic rings. The maximum absolute atomic E-state index is 11.1. The highest BCUT2D eigenvalue weighted by molar-refractivity contribution is 9.10. The lowest BCUT2D eigenvalue weighted by molar-refractivity contribution is -0.104. The summed E-state index contributed by atoms with van der Waals surface area (Å²) >= 11 is 3.47. The van der Waals surface area contributed by atoms with Crippen LogP contribution in [0.3, 0.4) is 0 Å². The van der Waals surface area contributed by atoms with Crippen molar-refractivity contribution in [3.05, 3.63) is 39.4 Å². The fraction of sp³-hybridized carbons (Fsp3) is 0.357. The van der Waals surface area contributed by atoms with Gasteiger partial charge in [-0.05, 0) is 49.3 Å². The first-order chi connectivity index (χ1) is 8.11. The molecule has 0 saturated heterocycles. The Kier molecular flexibility index (Phi) is 3.79. The quantitative estimate of drug-likeness (QED) is 0.796. The number of allylic oxidation sites excluding steroid dienone is 1. The van der Waals surface area contributed by atoms with Crippen molar-refractivity contribution in [1.29, 1.82) is 0 Å². The molecular formula is C14H16BrNO. The lowest BCUT2D eigenvalue weighted by Gasteiger charge is -2.11. The summed E-state index contributed by atoms with van der Waals surface area (Å²) in [7, 11) is 4.11. The standard InChI is InChI=1S/C14H16BrNO/c1-16(2)6-5-14-11(9-17)7-10-8-12(15)3-4-13(10)14/h3-4,8-9H,5-7H2,1-2H3. The summed E-state index contributed by atoms with van der Waals surface area (Å²) in [5.41, 5.74) is 4.67. The number of hydrogen-bond donors (Lipinski definition) is 0. The van der Waals surface area contributed by atoms with Crippen LogP contribution in [0.5, 0.6) is 0 Å². The number of carbonyl (C=O) groups excluding carboxylic acids is 1. The number of aldehydes is 1. The van der Waals surface area contributed by atoms with Crippen LogP contribution in [0.25, 0.3) is 5.57 Å². The number of nitrogens with zero attached hydrogens (tertiary/aromatic N) is 1. The highest BCUT2D eigenvalue weighted by atomic mass is 79.9. The van der Waals surface area contributed by atoms with Gasteiger partial charge in [0.05, 0.1) is 0 Å². The highest BCUT2D eigenvalue weighted by Gasteiger charge is 2.20. The van der Waals surface area contributed by atoms with Crippen LogP contribution in [0.4, 0.5) is 0 Å². The van der Waals surface area contributed by atoms with E-state index in [0.717, 1.165) is 35.7 Å². The summed E-state index contributed by atoms with van der Waals surface area (Å²) in [5, 5.41) is 0. The van der Waals surface area contributed by atoms with Crippen molar-refractivity contribution in [3.63, 3.8) is 0 Å². The third-order valence-electron chi connectivity index (χ3n) is 3.11. The predicted molar refractivity (Wildman–Crippen MR) is 74.0 cm³/mol. The third kappa shape index (κ3) is 2.67. The van der Waals surface area contributed by atoms with Gasteiger partial charge in [0.1, 0.15) is 6.29 Å². The average molecular weight is 294 g/mol. The molecule has 2 rings (SSSR count). The largest absolute Gasteiger partial charge is 0.309 e. The van der Waals surface area contributed by atoms with Gasteiger partial charge in [0.15, 0.2) is 0 Å². The zero-order valence-electron chi connectivity index (χ0n) is 10.2. The molecule has 1 aliphatic carbocycles. The molecule has 2 nitrogen and oxygen atoms in total. The number of benzene rings is 1. The number of fused-ring (bicyclic) bond motifs is 1. The van der Waals surface area contributed by atoms with Gasteiger partial charge >= 0.3 is 0 Å². The van der Waals surface area contributed by atoms with Gasteiger partial charge in [-0.15, -0.1) is 0 Å². The second-order valence-corrected chi connectivity index (χ2v) is 5.57. The molecule has 0 unspecified atom stereocenters. The van der Waals surface area contributed by atoms with Gasteiger partial charge in [-0.1, -0.05) is 22.0 Å². The molecule has 0 heterocycles. The Hall–Kier alpha value is -0.930. The van der Waals surface area contributed by atoms with Crippen LogP contribution in [-0.4, -0.2) is 31.8 Å². The maximum atomic E-state index is 11.1. The second kappa shape index (κ2) is 5.15. The molecule has 0 radical (unpaired) electrons. The van der Waals surface area contributed by atoms with Gasteiger partial charge in [0.2, 0.25) is 0 Å². The van der Waals surface area contributed by atoms with Crippen LogP contribution in [-0.2, 0) is 11.2 Å². The van der Waals surface area contributed by atoms with Crippen molar-refractivity contribution in [3.8, 4) is 0 Å². The van der Waals surface area contributed by atoms with Crippen molar-refractivity contribution < 1.29 is 4.79 Å². The lowest BCUT2D eigenvalue weighted by Crippen LogP contribution is -2.13. The van der Waals surface area contributed by atoms with E-state index in [1.165, 1.54) is 16.7 Å². The fourth-order valence-electron chi connectivity index (χ4n) is 2.23. The third-order valence-corrected chi connectivity index (χ3v) is 3.61. The zero-order valence-corrected chi connectivity index (χ0v) is 11.8. The minimum Gasteiger partial charge on any atom is -0.309 e. The van der Waals surface area contributed by atoms with Gasteiger partial charge in [-0.3, -0.25) is 4.79 Å². The van der Waals surface area contributed by atoms with Gasteiger partial charge in [0, 0.05) is 23.0 Å². The second-order valence-electron chi connectivity index (χ2n) is 4.65. The van der Waals surface area contributed by atoms with Gasteiger partial charge in [-0.2, -0.15) is 0 Å². The van der Waals surface area contributed by atoms with Crippen molar-refractivity contribution in [2.75, 3.05) is 20.6 Å². The summed E-state index contributed by atoms with van der Waals surface area (Å²) in [5.74, 6) is 0. The van der Waals surface area contributed by atoms with Crippen molar-refractivity contribution in [2.24, 2.45) is 0 Å². The summed E-state index contributed by atoms with van der Waals surface area (Å²) in [6.07, 6.45) is 2.73. The predicted octanol–water partition coefficient (Wildman–Crippen LogP) is 2.91. The van der Waals surface area contributed by atoms with Crippen LogP contribution < -0.4 is 0 Å².